The smallest absolute Gasteiger partial charge is 0.333 e. The number of amides is 5. The lowest BCUT2D eigenvalue weighted by atomic mass is 10.1. The molecule has 5 amide bonds. The van der Waals surface area contributed by atoms with E-state index in [-0.39, 0.29) is 17.4 Å². The molecule has 2 heterocycles. The third-order valence-corrected chi connectivity index (χ3v) is 3.75. The first kappa shape index (κ1) is 16.7. The van der Waals surface area contributed by atoms with Gasteiger partial charge in [-0.2, -0.15) is 0 Å². The number of carbonyl (C=O) groups excluding carboxylic acids is 4. The van der Waals surface area contributed by atoms with E-state index in [2.05, 4.69) is 0 Å². The number of barbiturate groups is 1. The molecular formula is C15H19N3O5. The highest BCUT2D eigenvalue weighted by Crippen LogP contribution is 2.29. The Balaban J connectivity index is 2.38. The van der Waals surface area contributed by atoms with E-state index in [1.807, 2.05) is 13.8 Å². The molecule has 0 atom stereocenters. The lowest BCUT2D eigenvalue weighted by molar-refractivity contribution is -0.134. The van der Waals surface area contributed by atoms with Crippen LogP contribution in [0.2, 0.25) is 0 Å². The second-order valence-corrected chi connectivity index (χ2v) is 6.05. The monoisotopic (exact) mass is 321 g/mol. The fraction of sp³-hybridized carbons (Fsp3) is 0.467. The largest absolute Gasteiger partial charge is 0.476 e. The number of imide groups is 2. The van der Waals surface area contributed by atoms with Crippen molar-refractivity contribution in [3.8, 4) is 0 Å². The lowest BCUT2D eigenvalue weighted by Crippen LogP contribution is -2.53. The molecule has 2 aliphatic heterocycles. The van der Waals surface area contributed by atoms with Crippen LogP contribution in [-0.4, -0.2) is 64.7 Å². The summed E-state index contributed by atoms with van der Waals surface area (Å²) in [7, 11) is 2.59. The first-order valence-corrected chi connectivity index (χ1v) is 7.03. The standard InChI is InChI=1S/C15H19N3O5/c1-9(19)18-11(23-8-15(18,2)3)7-6-10-12(20)16(4)14(22)17(5)13(10)21/h6-7H,8H2,1-5H3/b11-7-. The van der Waals surface area contributed by atoms with Crippen molar-refractivity contribution in [1.29, 1.82) is 0 Å². The SMILES string of the molecule is CC(=O)N1/C(=C/C=C2C(=O)N(C)C(=O)N(C)C2=O)OCC1(C)C. The van der Waals surface area contributed by atoms with Crippen LogP contribution in [-0.2, 0) is 19.1 Å². The predicted molar refractivity (Wildman–Crippen MR) is 79.7 cm³/mol. The highest BCUT2D eigenvalue weighted by molar-refractivity contribution is 6.28. The Morgan fingerprint density at radius 1 is 1.09 bits per heavy atom. The molecule has 0 aromatic rings. The number of hydrogen-bond donors (Lipinski definition) is 0. The van der Waals surface area contributed by atoms with Crippen LogP contribution >= 0.6 is 0 Å². The van der Waals surface area contributed by atoms with Crippen molar-refractivity contribution in [1.82, 2.24) is 14.7 Å². The number of carbonyl (C=O) groups is 4. The van der Waals surface area contributed by atoms with Gasteiger partial charge in [0.2, 0.25) is 5.91 Å². The molecule has 124 valence electrons. The van der Waals surface area contributed by atoms with Crippen LogP contribution in [0.25, 0.3) is 0 Å². The molecule has 0 spiro atoms. The topological polar surface area (TPSA) is 87.2 Å². The molecule has 8 heteroatoms. The van der Waals surface area contributed by atoms with Crippen LogP contribution in [0.4, 0.5) is 4.79 Å². The molecule has 2 saturated heterocycles. The zero-order chi connectivity index (χ0) is 17.5. The molecule has 0 N–H and O–H groups in total. The van der Waals surface area contributed by atoms with Crippen molar-refractivity contribution < 1.29 is 23.9 Å². The minimum atomic E-state index is -0.693. The van der Waals surface area contributed by atoms with E-state index >= 15 is 0 Å². The Morgan fingerprint density at radius 3 is 2.09 bits per heavy atom. The summed E-state index contributed by atoms with van der Waals surface area (Å²) in [6.07, 6.45) is 2.68. The molecule has 0 saturated carbocycles. The molecule has 0 bridgehead atoms. The highest BCUT2D eigenvalue weighted by atomic mass is 16.5. The Kier molecular flexibility index (Phi) is 4.02. The molecule has 2 rings (SSSR count). The molecule has 2 fully saturated rings. The van der Waals surface area contributed by atoms with Gasteiger partial charge in [0.25, 0.3) is 11.8 Å². The number of rotatable bonds is 1. The minimum absolute atomic E-state index is 0.168. The molecule has 0 aromatic carbocycles. The Morgan fingerprint density at radius 2 is 1.61 bits per heavy atom. The molecule has 23 heavy (non-hydrogen) atoms. The summed E-state index contributed by atoms with van der Waals surface area (Å²) in [5.74, 6) is -1.33. The summed E-state index contributed by atoms with van der Waals surface area (Å²) in [6.45, 7) is 5.41. The normalized spacial score (nSPS) is 22.8. The number of nitrogens with zero attached hydrogens (tertiary/aromatic N) is 3. The summed E-state index contributed by atoms with van der Waals surface area (Å²) >= 11 is 0. The summed E-state index contributed by atoms with van der Waals surface area (Å²) in [5, 5.41) is 0. The number of hydrogen-bond acceptors (Lipinski definition) is 5. The summed E-state index contributed by atoms with van der Waals surface area (Å²) in [5.41, 5.74) is -0.681. The zero-order valence-corrected chi connectivity index (χ0v) is 13.7. The van der Waals surface area contributed by atoms with Crippen molar-refractivity contribution in [2.45, 2.75) is 26.3 Å². The van der Waals surface area contributed by atoms with Gasteiger partial charge < -0.3 is 4.74 Å². The van der Waals surface area contributed by atoms with Crippen LogP contribution in [0.5, 0.6) is 0 Å². The average Bonchev–Trinajstić information content (AvgIpc) is 2.78. The van der Waals surface area contributed by atoms with E-state index in [0.717, 1.165) is 9.80 Å². The Bertz CT molecular complexity index is 636. The fourth-order valence-corrected chi connectivity index (χ4v) is 2.53. The maximum Gasteiger partial charge on any atom is 0.333 e. The van der Waals surface area contributed by atoms with Crippen LogP contribution in [0.3, 0.4) is 0 Å². The molecule has 8 nitrogen and oxygen atoms in total. The van der Waals surface area contributed by atoms with Crippen molar-refractivity contribution in [2.75, 3.05) is 20.7 Å². The van der Waals surface area contributed by atoms with Crippen molar-refractivity contribution >= 4 is 23.8 Å². The second kappa shape index (κ2) is 5.53. The van der Waals surface area contributed by atoms with E-state index in [9.17, 15) is 19.2 Å². The zero-order valence-electron chi connectivity index (χ0n) is 13.7. The molecule has 0 aliphatic carbocycles. The van der Waals surface area contributed by atoms with E-state index in [1.54, 1.807) is 0 Å². The third kappa shape index (κ3) is 2.71. The average molecular weight is 321 g/mol. The quantitative estimate of drug-likeness (QED) is 0.517. The van der Waals surface area contributed by atoms with Gasteiger partial charge >= 0.3 is 6.03 Å². The van der Waals surface area contributed by atoms with Gasteiger partial charge in [0, 0.05) is 21.0 Å². The number of allylic oxidation sites excluding steroid dienone is 2. The first-order chi connectivity index (χ1) is 10.6. The van der Waals surface area contributed by atoms with Crippen LogP contribution < -0.4 is 0 Å². The minimum Gasteiger partial charge on any atom is -0.476 e. The van der Waals surface area contributed by atoms with Gasteiger partial charge in [-0.3, -0.25) is 29.1 Å². The van der Waals surface area contributed by atoms with Crippen molar-refractivity contribution in [2.24, 2.45) is 0 Å². The number of ether oxygens (including phenoxy) is 1. The van der Waals surface area contributed by atoms with Gasteiger partial charge in [-0.1, -0.05) is 0 Å². The van der Waals surface area contributed by atoms with Gasteiger partial charge in [-0.25, -0.2) is 4.79 Å². The number of urea groups is 1. The van der Waals surface area contributed by atoms with Crippen LogP contribution in [0, 0.1) is 0 Å². The van der Waals surface area contributed by atoms with E-state index < -0.39 is 23.4 Å². The van der Waals surface area contributed by atoms with E-state index in [4.69, 9.17) is 4.74 Å². The van der Waals surface area contributed by atoms with Crippen LogP contribution in [0.1, 0.15) is 20.8 Å². The molecule has 0 radical (unpaired) electrons. The maximum absolute atomic E-state index is 12.1. The van der Waals surface area contributed by atoms with E-state index in [1.165, 1.54) is 38.1 Å². The lowest BCUT2D eigenvalue weighted by Gasteiger charge is -2.29. The van der Waals surface area contributed by atoms with Gasteiger partial charge in [-0.15, -0.1) is 0 Å². The summed E-state index contributed by atoms with van der Waals surface area (Å²) in [6, 6.07) is -0.687. The predicted octanol–water partition coefficient (Wildman–Crippen LogP) is 0.462. The van der Waals surface area contributed by atoms with Gasteiger partial charge in [-0.05, 0) is 26.0 Å². The fourth-order valence-electron chi connectivity index (χ4n) is 2.53. The van der Waals surface area contributed by atoms with E-state index in [0.29, 0.717) is 6.61 Å². The second-order valence-electron chi connectivity index (χ2n) is 6.05. The third-order valence-electron chi connectivity index (χ3n) is 3.75. The molecule has 2 aliphatic rings. The van der Waals surface area contributed by atoms with Crippen molar-refractivity contribution in [3.05, 3.63) is 23.6 Å². The summed E-state index contributed by atoms with van der Waals surface area (Å²) in [4.78, 5) is 50.8. The molecular weight excluding hydrogens is 302 g/mol. The van der Waals surface area contributed by atoms with Gasteiger partial charge in [0.1, 0.15) is 12.2 Å². The Labute approximate surface area is 133 Å². The van der Waals surface area contributed by atoms with Gasteiger partial charge in [0.15, 0.2) is 5.88 Å². The van der Waals surface area contributed by atoms with Crippen molar-refractivity contribution in [3.63, 3.8) is 0 Å². The first-order valence-electron chi connectivity index (χ1n) is 7.03. The Hall–Kier alpha value is -2.64. The summed E-state index contributed by atoms with van der Waals surface area (Å²) < 4.78 is 5.48. The maximum atomic E-state index is 12.1. The molecule has 0 aromatic heterocycles. The molecule has 0 unspecified atom stereocenters. The van der Waals surface area contributed by atoms with Crippen LogP contribution in [0.15, 0.2) is 23.6 Å². The van der Waals surface area contributed by atoms with Gasteiger partial charge in [0.05, 0.1) is 5.54 Å². The highest BCUT2D eigenvalue weighted by Gasteiger charge is 2.40. The number of likely N-dealkylation sites (N-methyl/N-ethyl adjacent to an activating group) is 2.